The number of rotatable bonds is 5. The van der Waals surface area contributed by atoms with Gasteiger partial charge in [0.2, 0.25) is 0 Å². The van der Waals surface area contributed by atoms with Gasteiger partial charge in [-0.3, -0.25) is 0 Å². The molecule has 1 nitrogen and oxygen atoms in total. The molecule has 1 heterocycles. The van der Waals surface area contributed by atoms with E-state index in [1.165, 1.54) is 57.9 Å². The van der Waals surface area contributed by atoms with Crippen molar-refractivity contribution in [1.29, 1.82) is 0 Å². The van der Waals surface area contributed by atoms with E-state index in [1.54, 1.807) is 0 Å². The first-order valence-electron chi connectivity index (χ1n) is 6.05. The first-order chi connectivity index (χ1) is 6.34. The molecule has 1 rings (SSSR count). The van der Waals surface area contributed by atoms with Crippen LogP contribution in [0, 0.1) is 0 Å². The van der Waals surface area contributed by atoms with E-state index in [-0.39, 0.29) is 0 Å². The fraction of sp³-hybridized carbons (Fsp3) is 1.00. The second kappa shape index (κ2) is 6.42. The fourth-order valence-corrected chi connectivity index (χ4v) is 2.32. The highest BCUT2D eigenvalue weighted by Crippen LogP contribution is 2.20. The van der Waals surface area contributed by atoms with E-state index in [9.17, 15) is 0 Å². The van der Waals surface area contributed by atoms with Gasteiger partial charge in [0, 0.05) is 6.04 Å². The summed E-state index contributed by atoms with van der Waals surface area (Å²) in [5.41, 5.74) is 0. The zero-order valence-corrected chi connectivity index (χ0v) is 9.39. The Labute approximate surface area is 83.5 Å². The molecule has 1 fully saturated rings. The molecule has 0 N–H and O–H groups in total. The normalized spacial score (nSPS) is 24.9. The van der Waals surface area contributed by atoms with Crippen LogP contribution < -0.4 is 0 Å². The molecule has 0 aliphatic carbocycles. The average Bonchev–Trinajstić information content (AvgIpc) is 2.15. The summed E-state index contributed by atoms with van der Waals surface area (Å²) in [7, 11) is 2.30. The maximum atomic E-state index is 2.56. The Kier molecular flexibility index (Phi) is 5.45. The van der Waals surface area contributed by atoms with E-state index in [0.29, 0.717) is 0 Å². The third-order valence-electron chi connectivity index (χ3n) is 3.31. The van der Waals surface area contributed by atoms with Crippen molar-refractivity contribution in [2.45, 2.75) is 64.3 Å². The zero-order chi connectivity index (χ0) is 9.52. The molecular weight excluding hydrogens is 158 g/mol. The second-order valence-electron chi connectivity index (χ2n) is 4.48. The van der Waals surface area contributed by atoms with Crippen LogP contribution in [-0.2, 0) is 0 Å². The van der Waals surface area contributed by atoms with Crippen molar-refractivity contribution in [3.8, 4) is 0 Å². The Bertz CT molecular complexity index is 122. The number of hydrogen-bond donors (Lipinski definition) is 0. The molecule has 1 heteroatoms. The third kappa shape index (κ3) is 4.12. The van der Waals surface area contributed by atoms with E-state index >= 15 is 0 Å². The number of likely N-dealkylation sites (tertiary alicyclic amines) is 1. The number of nitrogens with zero attached hydrogens (tertiary/aromatic N) is 1. The van der Waals surface area contributed by atoms with Gasteiger partial charge in [-0.2, -0.15) is 0 Å². The molecule has 1 saturated heterocycles. The minimum absolute atomic E-state index is 0.908. The summed E-state index contributed by atoms with van der Waals surface area (Å²) in [4.78, 5) is 2.56. The Morgan fingerprint density at radius 2 is 2.00 bits per heavy atom. The van der Waals surface area contributed by atoms with Gasteiger partial charge < -0.3 is 4.90 Å². The molecule has 0 bridgehead atoms. The number of hydrogen-bond acceptors (Lipinski definition) is 1. The van der Waals surface area contributed by atoms with E-state index in [1.807, 2.05) is 0 Å². The molecule has 0 spiro atoms. The Morgan fingerprint density at radius 3 is 2.69 bits per heavy atom. The lowest BCUT2D eigenvalue weighted by Crippen LogP contribution is -2.35. The molecule has 1 aliphatic rings. The molecule has 0 saturated carbocycles. The standard InChI is InChI=1S/C12H25N/c1-3-4-5-6-9-12-10-7-8-11-13(12)2/h12H,3-11H2,1-2H3. The smallest absolute Gasteiger partial charge is 0.00922 e. The Hall–Kier alpha value is -0.0400. The van der Waals surface area contributed by atoms with Crippen molar-refractivity contribution in [3.05, 3.63) is 0 Å². The van der Waals surface area contributed by atoms with Crippen molar-refractivity contribution in [3.63, 3.8) is 0 Å². The molecule has 1 aliphatic heterocycles. The van der Waals surface area contributed by atoms with Crippen molar-refractivity contribution in [2.24, 2.45) is 0 Å². The zero-order valence-electron chi connectivity index (χ0n) is 9.39. The van der Waals surface area contributed by atoms with Crippen LogP contribution in [0.25, 0.3) is 0 Å². The predicted octanol–water partition coefficient (Wildman–Crippen LogP) is 3.44. The summed E-state index contributed by atoms with van der Waals surface area (Å²) in [6.07, 6.45) is 11.4. The van der Waals surface area contributed by atoms with Crippen molar-refractivity contribution in [1.82, 2.24) is 4.90 Å². The molecule has 78 valence electrons. The average molecular weight is 183 g/mol. The highest BCUT2D eigenvalue weighted by molar-refractivity contribution is 4.73. The topological polar surface area (TPSA) is 3.24 Å². The van der Waals surface area contributed by atoms with Crippen LogP contribution in [0.2, 0.25) is 0 Å². The lowest BCUT2D eigenvalue weighted by atomic mass is 9.97. The minimum Gasteiger partial charge on any atom is -0.303 e. The van der Waals surface area contributed by atoms with E-state index in [2.05, 4.69) is 18.9 Å². The Morgan fingerprint density at radius 1 is 1.15 bits per heavy atom. The highest BCUT2D eigenvalue weighted by atomic mass is 15.1. The van der Waals surface area contributed by atoms with Crippen molar-refractivity contribution in [2.75, 3.05) is 13.6 Å². The molecule has 0 aromatic carbocycles. The van der Waals surface area contributed by atoms with Gasteiger partial charge in [0.1, 0.15) is 0 Å². The maximum Gasteiger partial charge on any atom is 0.00922 e. The van der Waals surface area contributed by atoms with Gasteiger partial charge in [-0.25, -0.2) is 0 Å². The van der Waals surface area contributed by atoms with E-state index < -0.39 is 0 Å². The predicted molar refractivity (Wildman–Crippen MR) is 59.0 cm³/mol. The molecule has 0 radical (unpaired) electrons. The summed E-state index contributed by atoms with van der Waals surface area (Å²) in [5, 5.41) is 0. The monoisotopic (exact) mass is 183 g/mol. The highest BCUT2D eigenvalue weighted by Gasteiger charge is 2.17. The Balaban J connectivity index is 2.05. The van der Waals surface area contributed by atoms with Gasteiger partial charge in [-0.1, -0.05) is 39.0 Å². The summed E-state index contributed by atoms with van der Waals surface area (Å²) >= 11 is 0. The lowest BCUT2D eigenvalue weighted by molar-refractivity contribution is 0.173. The lowest BCUT2D eigenvalue weighted by Gasteiger charge is -2.32. The number of unbranched alkanes of at least 4 members (excludes halogenated alkanes) is 3. The second-order valence-corrected chi connectivity index (χ2v) is 4.48. The molecule has 0 aromatic heterocycles. The molecule has 0 aromatic rings. The van der Waals surface area contributed by atoms with Crippen LogP contribution in [0.15, 0.2) is 0 Å². The summed E-state index contributed by atoms with van der Waals surface area (Å²) in [6.45, 7) is 3.62. The van der Waals surface area contributed by atoms with Gasteiger partial charge in [0.05, 0.1) is 0 Å². The van der Waals surface area contributed by atoms with Crippen LogP contribution in [0.4, 0.5) is 0 Å². The summed E-state index contributed by atoms with van der Waals surface area (Å²) in [6, 6.07) is 0.908. The van der Waals surface area contributed by atoms with Crippen molar-refractivity contribution < 1.29 is 0 Å². The number of piperidine rings is 1. The molecule has 0 amide bonds. The molecule has 1 atom stereocenters. The first kappa shape index (κ1) is 11.0. The third-order valence-corrected chi connectivity index (χ3v) is 3.31. The van der Waals surface area contributed by atoms with Gasteiger partial charge in [0.15, 0.2) is 0 Å². The molecule has 1 unspecified atom stereocenters. The van der Waals surface area contributed by atoms with Gasteiger partial charge in [0.25, 0.3) is 0 Å². The van der Waals surface area contributed by atoms with Crippen LogP contribution in [0.5, 0.6) is 0 Å². The quantitative estimate of drug-likeness (QED) is 0.590. The SMILES string of the molecule is CCCCCCC1CCCCN1C. The summed E-state index contributed by atoms with van der Waals surface area (Å²) in [5.74, 6) is 0. The van der Waals surface area contributed by atoms with Gasteiger partial charge in [-0.05, 0) is 32.9 Å². The van der Waals surface area contributed by atoms with Crippen LogP contribution >= 0.6 is 0 Å². The van der Waals surface area contributed by atoms with Crippen LogP contribution in [0.1, 0.15) is 58.3 Å². The molecular formula is C12H25N. The summed E-state index contributed by atoms with van der Waals surface area (Å²) < 4.78 is 0. The first-order valence-corrected chi connectivity index (χ1v) is 6.05. The fourth-order valence-electron chi connectivity index (χ4n) is 2.32. The largest absolute Gasteiger partial charge is 0.303 e. The van der Waals surface area contributed by atoms with E-state index in [4.69, 9.17) is 0 Å². The minimum atomic E-state index is 0.908. The van der Waals surface area contributed by atoms with Gasteiger partial charge in [-0.15, -0.1) is 0 Å². The van der Waals surface area contributed by atoms with Gasteiger partial charge >= 0.3 is 0 Å². The maximum absolute atomic E-state index is 2.56. The van der Waals surface area contributed by atoms with Crippen LogP contribution in [-0.4, -0.2) is 24.5 Å². The van der Waals surface area contributed by atoms with Crippen LogP contribution in [0.3, 0.4) is 0 Å². The van der Waals surface area contributed by atoms with Crippen molar-refractivity contribution >= 4 is 0 Å². The van der Waals surface area contributed by atoms with E-state index in [0.717, 1.165) is 6.04 Å². The molecule has 13 heavy (non-hydrogen) atoms.